The molecule has 1 aliphatic rings. The van der Waals surface area contributed by atoms with Crippen LogP contribution in [0.25, 0.3) is 0 Å². The van der Waals surface area contributed by atoms with Crippen LogP contribution in [0.15, 0.2) is 24.3 Å². The molecule has 1 N–H and O–H groups in total. The molecule has 0 bridgehead atoms. The number of hydrogen-bond acceptors (Lipinski definition) is 5. The maximum atomic E-state index is 12.6. The highest BCUT2D eigenvalue weighted by molar-refractivity contribution is 7.16. The van der Waals surface area contributed by atoms with E-state index in [0.29, 0.717) is 23.7 Å². The van der Waals surface area contributed by atoms with E-state index in [1.807, 2.05) is 32.9 Å². The summed E-state index contributed by atoms with van der Waals surface area (Å²) in [5, 5.41) is 13.0. The van der Waals surface area contributed by atoms with Crippen molar-refractivity contribution in [3.63, 3.8) is 0 Å². The zero-order chi connectivity index (χ0) is 19.4. The number of carbonyl (C=O) groups is 1. The van der Waals surface area contributed by atoms with Gasteiger partial charge in [0.25, 0.3) is 0 Å². The zero-order valence-corrected chi connectivity index (χ0v) is 16.9. The van der Waals surface area contributed by atoms with Crippen molar-refractivity contribution < 1.29 is 9.53 Å². The van der Waals surface area contributed by atoms with E-state index in [4.69, 9.17) is 4.74 Å². The SMILES string of the molecule is CCOc1ccc(C2CCCN2CC(=O)Nc2sc(C)c(C)c2C#N)cc1. The van der Waals surface area contributed by atoms with Crippen molar-refractivity contribution >= 4 is 22.2 Å². The van der Waals surface area contributed by atoms with Crippen LogP contribution in [0.1, 0.15) is 47.4 Å². The summed E-state index contributed by atoms with van der Waals surface area (Å²) < 4.78 is 5.51. The third-order valence-corrected chi connectivity index (χ3v) is 6.16. The van der Waals surface area contributed by atoms with E-state index in [2.05, 4.69) is 28.4 Å². The normalized spacial score (nSPS) is 16.9. The number of likely N-dealkylation sites (tertiary alicyclic amines) is 1. The highest BCUT2D eigenvalue weighted by atomic mass is 32.1. The first-order valence-corrected chi connectivity index (χ1v) is 10.1. The van der Waals surface area contributed by atoms with Gasteiger partial charge >= 0.3 is 0 Å². The number of thiophene rings is 1. The van der Waals surface area contributed by atoms with E-state index in [1.54, 1.807) is 0 Å². The molecule has 1 aromatic heterocycles. The van der Waals surface area contributed by atoms with Crippen LogP contribution in [0.2, 0.25) is 0 Å². The predicted octanol–water partition coefficient (Wildman–Crippen LogP) is 4.41. The Bertz CT molecular complexity index is 852. The molecule has 1 atom stereocenters. The summed E-state index contributed by atoms with van der Waals surface area (Å²) in [6.45, 7) is 7.75. The van der Waals surface area contributed by atoms with Crippen LogP contribution in [-0.4, -0.2) is 30.5 Å². The summed E-state index contributed by atoms with van der Waals surface area (Å²) in [7, 11) is 0. The number of anilines is 1. The van der Waals surface area contributed by atoms with E-state index in [0.717, 1.165) is 35.6 Å². The lowest BCUT2D eigenvalue weighted by atomic mass is 10.0. The summed E-state index contributed by atoms with van der Waals surface area (Å²) in [4.78, 5) is 15.9. The van der Waals surface area contributed by atoms with E-state index < -0.39 is 0 Å². The van der Waals surface area contributed by atoms with Gasteiger partial charge in [-0.15, -0.1) is 11.3 Å². The van der Waals surface area contributed by atoms with Gasteiger partial charge in [0.2, 0.25) is 5.91 Å². The maximum absolute atomic E-state index is 12.6. The molecule has 2 aromatic rings. The summed E-state index contributed by atoms with van der Waals surface area (Å²) in [6.07, 6.45) is 2.12. The van der Waals surface area contributed by atoms with Crippen molar-refractivity contribution in [1.29, 1.82) is 5.26 Å². The molecule has 27 heavy (non-hydrogen) atoms. The summed E-state index contributed by atoms with van der Waals surface area (Å²) in [5.74, 6) is 0.807. The molecule has 0 aliphatic carbocycles. The number of nitrogens with zero attached hydrogens (tertiary/aromatic N) is 2. The fraction of sp³-hybridized carbons (Fsp3) is 0.429. The molecule has 1 aromatic carbocycles. The minimum Gasteiger partial charge on any atom is -0.494 e. The lowest BCUT2D eigenvalue weighted by molar-refractivity contribution is -0.117. The van der Waals surface area contributed by atoms with Crippen LogP contribution < -0.4 is 10.1 Å². The first-order valence-electron chi connectivity index (χ1n) is 9.30. The molecule has 2 heterocycles. The first kappa shape index (κ1) is 19.4. The van der Waals surface area contributed by atoms with Crippen molar-refractivity contribution in [2.75, 3.05) is 25.0 Å². The number of rotatable bonds is 6. The molecule has 5 nitrogen and oxygen atoms in total. The Kier molecular flexibility index (Phi) is 6.15. The van der Waals surface area contributed by atoms with Gasteiger partial charge in [0.15, 0.2) is 0 Å². The van der Waals surface area contributed by atoms with Crippen LogP contribution in [-0.2, 0) is 4.79 Å². The molecule has 1 aliphatic heterocycles. The minimum absolute atomic E-state index is 0.0643. The fourth-order valence-electron chi connectivity index (χ4n) is 3.55. The Morgan fingerprint density at radius 2 is 2.11 bits per heavy atom. The predicted molar refractivity (Wildman–Crippen MR) is 108 cm³/mol. The Balaban J connectivity index is 1.66. The quantitative estimate of drug-likeness (QED) is 0.802. The third-order valence-electron chi connectivity index (χ3n) is 5.04. The van der Waals surface area contributed by atoms with Gasteiger partial charge in [0.05, 0.1) is 18.7 Å². The van der Waals surface area contributed by atoms with Crippen LogP contribution in [0, 0.1) is 25.2 Å². The number of hydrogen-bond donors (Lipinski definition) is 1. The zero-order valence-electron chi connectivity index (χ0n) is 16.0. The number of aryl methyl sites for hydroxylation is 1. The Hall–Kier alpha value is -2.36. The molecule has 1 amide bonds. The highest BCUT2D eigenvalue weighted by Crippen LogP contribution is 2.34. The fourth-order valence-corrected chi connectivity index (χ4v) is 4.57. The summed E-state index contributed by atoms with van der Waals surface area (Å²) in [5.41, 5.74) is 2.74. The number of amides is 1. The number of nitriles is 1. The van der Waals surface area contributed by atoms with Gasteiger partial charge in [0, 0.05) is 10.9 Å². The van der Waals surface area contributed by atoms with Crippen molar-refractivity contribution in [1.82, 2.24) is 4.90 Å². The molecular formula is C21H25N3O2S. The van der Waals surface area contributed by atoms with Crippen molar-refractivity contribution in [3.8, 4) is 11.8 Å². The largest absolute Gasteiger partial charge is 0.494 e. The molecular weight excluding hydrogens is 358 g/mol. The number of benzene rings is 1. The van der Waals surface area contributed by atoms with Gasteiger partial charge in [-0.3, -0.25) is 9.69 Å². The molecule has 142 valence electrons. The van der Waals surface area contributed by atoms with Gasteiger partial charge in [-0.25, -0.2) is 0 Å². The third kappa shape index (κ3) is 4.32. The standard InChI is InChI=1S/C21H25N3O2S/c1-4-26-17-9-7-16(8-10-17)19-6-5-11-24(19)13-20(25)23-21-18(12-22)14(2)15(3)27-21/h7-10,19H,4-6,11,13H2,1-3H3,(H,23,25). The van der Waals surface area contributed by atoms with E-state index in [-0.39, 0.29) is 11.9 Å². The maximum Gasteiger partial charge on any atom is 0.239 e. The van der Waals surface area contributed by atoms with Crippen LogP contribution in [0.3, 0.4) is 0 Å². The smallest absolute Gasteiger partial charge is 0.239 e. The number of carbonyl (C=O) groups excluding carboxylic acids is 1. The molecule has 0 spiro atoms. The van der Waals surface area contributed by atoms with Gasteiger partial charge in [0.1, 0.15) is 16.8 Å². The summed E-state index contributed by atoms with van der Waals surface area (Å²) >= 11 is 1.47. The topological polar surface area (TPSA) is 65.4 Å². The van der Waals surface area contributed by atoms with Crippen molar-refractivity contribution in [2.24, 2.45) is 0 Å². The Morgan fingerprint density at radius 1 is 1.37 bits per heavy atom. The molecule has 1 unspecified atom stereocenters. The Labute approximate surface area is 164 Å². The van der Waals surface area contributed by atoms with Crippen LogP contribution in [0.4, 0.5) is 5.00 Å². The second kappa shape index (κ2) is 8.55. The monoisotopic (exact) mass is 383 g/mol. The summed E-state index contributed by atoms with van der Waals surface area (Å²) in [6, 6.07) is 10.6. The first-order chi connectivity index (χ1) is 13.0. The molecule has 0 saturated carbocycles. The minimum atomic E-state index is -0.0643. The molecule has 3 rings (SSSR count). The van der Waals surface area contributed by atoms with Crippen molar-refractivity contribution in [3.05, 3.63) is 45.8 Å². The molecule has 1 fully saturated rings. The van der Waals surface area contributed by atoms with Gasteiger partial charge in [-0.1, -0.05) is 12.1 Å². The van der Waals surface area contributed by atoms with E-state index in [9.17, 15) is 10.1 Å². The molecule has 6 heteroatoms. The lowest BCUT2D eigenvalue weighted by Crippen LogP contribution is -2.32. The number of ether oxygens (including phenoxy) is 1. The second-order valence-electron chi connectivity index (χ2n) is 6.78. The average Bonchev–Trinajstić information content (AvgIpc) is 3.20. The highest BCUT2D eigenvalue weighted by Gasteiger charge is 2.28. The second-order valence-corrected chi connectivity index (χ2v) is 8.00. The van der Waals surface area contributed by atoms with Crippen molar-refractivity contribution in [2.45, 2.75) is 39.7 Å². The number of nitrogens with one attached hydrogen (secondary N) is 1. The average molecular weight is 384 g/mol. The molecule has 0 radical (unpaired) electrons. The van der Waals surface area contributed by atoms with E-state index in [1.165, 1.54) is 16.9 Å². The van der Waals surface area contributed by atoms with Gasteiger partial charge in [-0.2, -0.15) is 5.26 Å². The molecule has 1 saturated heterocycles. The van der Waals surface area contributed by atoms with Gasteiger partial charge in [-0.05, 0) is 63.4 Å². The van der Waals surface area contributed by atoms with Gasteiger partial charge < -0.3 is 10.1 Å². The Morgan fingerprint density at radius 3 is 2.78 bits per heavy atom. The lowest BCUT2D eigenvalue weighted by Gasteiger charge is -2.24. The van der Waals surface area contributed by atoms with E-state index >= 15 is 0 Å². The van der Waals surface area contributed by atoms with Crippen LogP contribution >= 0.6 is 11.3 Å². The van der Waals surface area contributed by atoms with Crippen LogP contribution in [0.5, 0.6) is 5.75 Å².